The number of aliphatic hydroxyl groups excluding tert-OH is 10. The summed E-state index contributed by atoms with van der Waals surface area (Å²) in [5.41, 5.74) is 0. The van der Waals surface area contributed by atoms with E-state index in [1.807, 2.05) is 0 Å². The fraction of sp³-hybridized carbons (Fsp3) is 0.943. The molecular weight excluding hydrogens is 1530 g/mol. The molecule has 0 fully saturated rings. The highest BCUT2D eigenvalue weighted by atomic mass is 16.4. The molecule has 0 heterocycles. The summed E-state index contributed by atoms with van der Waals surface area (Å²) in [7, 11) is -2.29. The van der Waals surface area contributed by atoms with E-state index in [0.29, 0.717) is 45.8 Å². The van der Waals surface area contributed by atoms with Crippen molar-refractivity contribution in [3.05, 3.63) is 0 Å². The minimum absolute atomic E-state index is 0.0343. The summed E-state index contributed by atoms with van der Waals surface area (Å²) in [4.78, 5) is 63.0. The van der Waals surface area contributed by atoms with Crippen molar-refractivity contribution >= 4 is 57.7 Å². The lowest BCUT2D eigenvalue weighted by Gasteiger charge is -2.33. The second-order valence-electron chi connectivity index (χ2n) is 34.3. The van der Waals surface area contributed by atoms with Crippen LogP contribution in [0.5, 0.6) is 0 Å². The van der Waals surface area contributed by atoms with E-state index in [1.54, 1.807) is 27.3 Å². The molecule has 0 rings (SSSR count). The Morgan fingerprint density at radius 1 is 0.308 bits per heavy atom. The van der Waals surface area contributed by atoms with Crippen molar-refractivity contribution in [3.8, 4) is 0 Å². The number of carbonyl (C=O) groups is 5. The second-order valence-corrected chi connectivity index (χ2v) is 34.3. The molecule has 0 spiro atoms. The molecule has 0 saturated heterocycles. The quantitative estimate of drug-likeness (QED) is 0.0199. The Morgan fingerprint density at radius 3 is 0.800 bits per heavy atom. The monoisotopic (exact) mass is 1720 g/mol. The number of hydrogen-bond donors (Lipinski definition) is 21. The zero-order chi connectivity index (χ0) is 90.0. The normalized spacial score (nSPS) is 13.7. The first-order valence-corrected chi connectivity index (χ1v) is 48.3. The maximum Gasteiger partial charge on any atom is 0.376 e. The van der Waals surface area contributed by atoms with Gasteiger partial charge in [0.2, 0.25) is 17.7 Å². The molecule has 0 aliphatic carbocycles. The Bertz CT molecular complexity index is 2170. The van der Waals surface area contributed by atoms with Gasteiger partial charge >= 0.3 is 28.2 Å². The Hall–Kier alpha value is -3.11. The van der Waals surface area contributed by atoms with Gasteiger partial charge in [0.05, 0.1) is 13.2 Å². The number of nitrogens with one attached hydrogen (secondary N) is 7. The molecule has 0 bridgehead atoms. The summed E-state index contributed by atoms with van der Waals surface area (Å²) in [6.07, 6.45) is 51.9. The maximum atomic E-state index is 12.5. The summed E-state index contributed by atoms with van der Waals surface area (Å²) in [6, 6.07) is -0.820. The highest BCUT2D eigenvalue weighted by Crippen LogP contribution is 2.21. The van der Waals surface area contributed by atoms with E-state index in [4.69, 9.17) is 10.2 Å². The molecule has 28 nitrogen and oxygen atoms in total. The predicted octanol–water partition coefficient (Wildman–Crippen LogP) is 9.38. The molecule has 0 aromatic carbocycles. The van der Waals surface area contributed by atoms with Crippen LogP contribution in [-0.4, -0.2) is 272 Å². The molecule has 21 N–H and O–H groups in total. The average molecular weight is 1720 g/mol. The van der Waals surface area contributed by atoms with E-state index in [9.17, 15) is 84.9 Å². The van der Waals surface area contributed by atoms with Gasteiger partial charge in [-0.3, -0.25) is 24.0 Å². The van der Waals surface area contributed by atoms with Gasteiger partial charge in [-0.25, -0.2) is 0 Å². The van der Waals surface area contributed by atoms with Gasteiger partial charge in [-0.05, 0) is 124 Å². The van der Waals surface area contributed by atoms with E-state index in [1.165, 1.54) is 258 Å². The Labute approximate surface area is 730 Å². The van der Waals surface area contributed by atoms with Crippen molar-refractivity contribution < 1.29 is 95.1 Å². The average Bonchev–Trinajstić information content (AvgIpc) is 0.877. The topological polar surface area (TPSA) is 459 Å². The maximum absolute atomic E-state index is 12.5. The lowest BCUT2D eigenvalue weighted by molar-refractivity contribution is -0.149. The van der Waals surface area contributed by atoms with Gasteiger partial charge < -0.3 is 118 Å². The van der Waals surface area contributed by atoms with Gasteiger partial charge in [0, 0.05) is 40.0 Å². The number of unbranched alkanes of at least 4 members (excludes halogenated alkanes) is 47. The zero-order valence-corrected chi connectivity index (χ0v) is 77.2. The largest absolute Gasteiger partial charge is 0.437 e. The molecule has 0 aliphatic heterocycles. The summed E-state index contributed by atoms with van der Waals surface area (Å²) in [5.74, 6) is -2.30. The Morgan fingerprint density at radius 2 is 0.558 bits per heavy atom. The van der Waals surface area contributed by atoms with Gasteiger partial charge in [0.1, 0.15) is 42.7 Å². The van der Waals surface area contributed by atoms with E-state index >= 15 is 0 Å². The molecule has 0 aromatic heterocycles. The number of rotatable bonds is 85. The van der Waals surface area contributed by atoms with Crippen molar-refractivity contribution in [2.45, 2.75) is 450 Å². The summed E-state index contributed by atoms with van der Waals surface area (Å²) < 4.78 is 0. The Balaban J connectivity index is -0.00000173. The second kappa shape index (κ2) is 87.9. The number of carbonyl (C=O) groups excluding carboxylic acids is 5. The van der Waals surface area contributed by atoms with Crippen LogP contribution >= 0.6 is 0 Å². The molecule has 32 heteroatoms. The van der Waals surface area contributed by atoms with Gasteiger partial charge in [-0.15, -0.1) is 0 Å². The number of amides is 5. The van der Waals surface area contributed by atoms with Gasteiger partial charge in [-0.2, -0.15) is 0 Å². The standard InChI is InChI=1S/2C30H61NO6.C28H63B4N7O7/c2*1-2-3-4-5-6-7-8-9-10-11-12-13-14-15-16-17-18-19-20-21-22-23-24-31-30(37)29(36)28(35)27(34)26(33)25-32;1-24(40)34-21-27(37-25(2)41)28(42)33-16-10-8-7-9-15-26(22-38(31(5)45)19-13-11-17-35-29(3)43)23-39(32(6)46)20-14-12-18-36-30(4)44/h2*26-29,32-36H,2-25H2,1H3,(H,31,37);26-27,35-36,43-46H,7-23H2,1-6H3,(H,33,42)(H,34,40)(H,37,41)/t2*26-,27+,28-,29+;/m10./s1. The van der Waals surface area contributed by atoms with Crippen molar-refractivity contribution in [2.75, 3.05) is 78.7 Å². The van der Waals surface area contributed by atoms with Gasteiger partial charge in [0.25, 0.3) is 11.8 Å². The molecule has 1 unspecified atom stereocenters. The number of hydrogen-bond acceptors (Lipinski definition) is 23. The molecule has 0 radical (unpaired) electrons. The number of aliphatic hydroxyl groups is 10. The highest BCUT2D eigenvalue weighted by molar-refractivity contribution is 6.46. The van der Waals surface area contributed by atoms with Gasteiger partial charge in [0.15, 0.2) is 12.2 Å². The molecular formula is C88H185B4N9O19. The first-order chi connectivity index (χ1) is 57.6. The van der Waals surface area contributed by atoms with Crippen LogP contribution in [0.15, 0.2) is 0 Å². The first kappa shape index (κ1) is 121. The van der Waals surface area contributed by atoms with Crippen molar-refractivity contribution in [3.63, 3.8) is 0 Å². The third kappa shape index (κ3) is 78.4. The van der Waals surface area contributed by atoms with E-state index in [0.717, 1.165) is 109 Å². The van der Waals surface area contributed by atoms with Crippen LogP contribution in [0, 0.1) is 5.92 Å². The van der Waals surface area contributed by atoms with E-state index in [2.05, 4.69) is 60.5 Å². The highest BCUT2D eigenvalue weighted by Gasteiger charge is 2.36. The summed E-state index contributed by atoms with van der Waals surface area (Å²) in [6.45, 7) is 18.2. The van der Waals surface area contributed by atoms with E-state index < -0.39 is 108 Å². The minimum Gasteiger partial charge on any atom is -0.437 e. The lowest BCUT2D eigenvalue weighted by Crippen LogP contribution is -2.52. The van der Waals surface area contributed by atoms with Crippen LogP contribution in [0.1, 0.15) is 368 Å². The fourth-order valence-electron chi connectivity index (χ4n) is 14.7. The van der Waals surface area contributed by atoms with Crippen LogP contribution in [0.25, 0.3) is 0 Å². The zero-order valence-electron chi connectivity index (χ0n) is 77.2. The minimum atomic E-state index is -1.85. The molecule has 0 aliphatic rings. The van der Waals surface area contributed by atoms with Crippen LogP contribution in [0.3, 0.4) is 0 Å². The van der Waals surface area contributed by atoms with Crippen LogP contribution in [0.4, 0.5) is 0 Å². The lowest BCUT2D eigenvalue weighted by atomic mass is 9.80. The predicted molar refractivity (Wildman–Crippen MR) is 492 cm³/mol. The summed E-state index contributed by atoms with van der Waals surface area (Å²) in [5, 5.41) is 153. The first-order valence-electron chi connectivity index (χ1n) is 48.3. The molecule has 0 aromatic rings. The molecule has 0 saturated carbocycles. The molecule has 5 amide bonds. The van der Waals surface area contributed by atoms with Crippen molar-refractivity contribution in [2.24, 2.45) is 5.92 Å². The van der Waals surface area contributed by atoms with Crippen molar-refractivity contribution in [1.29, 1.82) is 0 Å². The molecule has 120 heavy (non-hydrogen) atoms. The summed E-state index contributed by atoms with van der Waals surface area (Å²) >= 11 is 0. The van der Waals surface area contributed by atoms with E-state index in [-0.39, 0.29) is 30.2 Å². The fourth-order valence-corrected chi connectivity index (χ4v) is 14.7. The van der Waals surface area contributed by atoms with Crippen LogP contribution < -0.4 is 37.0 Å². The third-order valence-corrected chi connectivity index (χ3v) is 22.5. The van der Waals surface area contributed by atoms with Crippen molar-refractivity contribution in [1.82, 2.24) is 46.7 Å². The third-order valence-electron chi connectivity index (χ3n) is 22.5. The number of nitrogens with zero attached hydrogens (tertiary/aromatic N) is 2. The Kier molecular flexibility index (Phi) is 88.7. The van der Waals surface area contributed by atoms with Gasteiger partial charge in [-0.1, -0.05) is 303 Å². The molecule has 708 valence electrons. The smallest absolute Gasteiger partial charge is 0.376 e. The SMILES string of the molecule is CB(O)NCCCCN(CC(CCCCCCNC(=O)C(CNC(C)=O)NC(C)=O)CN(CCCCNB(C)O)B(C)O)B(C)O.CCCCCCCCCCCCCCCCCCCCCCCCNC(=O)[C@@H](O)[C@H](O)[C@@H](O)[C@H](O)CO.CCCCCCCCCCCCCCCCCCCCCCCCNC(=O)[C@H](O)[C@@H](O)[C@H](O)[C@@H](O)CO. The van der Waals surface area contributed by atoms with Crippen LogP contribution in [0.2, 0.25) is 27.3 Å². The van der Waals surface area contributed by atoms with Crippen LogP contribution in [-0.2, 0) is 24.0 Å². The molecule has 9 atom stereocenters.